The molecule has 0 bridgehead atoms. The van der Waals surface area contributed by atoms with Crippen LogP contribution in [0.3, 0.4) is 0 Å². The molecule has 1 aliphatic rings. The van der Waals surface area contributed by atoms with Gasteiger partial charge in [0.1, 0.15) is 16.8 Å². The molecule has 0 aromatic heterocycles. The minimum Gasteiger partial charge on any atom is -0.444 e. The smallest absolute Gasteiger partial charge is 0.410 e. The lowest BCUT2D eigenvalue weighted by atomic mass is 10.2. The van der Waals surface area contributed by atoms with E-state index >= 15 is 0 Å². The molecule has 0 aromatic rings. The van der Waals surface area contributed by atoms with Gasteiger partial charge in [-0.15, -0.1) is 0 Å². The van der Waals surface area contributed by atoms with E-state index in [1.807, 2.05) is 62.3 Å². The lowest BCUT2D eigenvalue weighted by Crippen LogP contribution is -2.49. The maximum Gasteiger partial charge on any atom is 0.410 e. The molecule has 1 heterocycles. The normalized spacial score (nSPS) is 17.5. The maximum absolute atomic E-state index is 13.3. The van der Waals surface area contributed by atoms with Gasteiger partial charge in [-0.25, -0.2) is 14.4 Å². The van der Waals surface area contributed by atoms with Gasteiger partial charge < -0.3 is 38.3 Å². The Morgan fingerprint density at radius 3 is 1.20 bits per heavy atom. The summed E-state index contributed by atoms with van der Waals surface area (Å²) in [7, 11) is 0. The average Bonchev–Trinajstić information content (AvgIpc) is 2.89. The Bertz CT molecular complexity index is 896. The van der Waals surface area contributed by atoms with E-state index in [4.69, 9.17) is 14.2 Å². The Kier molecular flexibility index (Phi) is 16.5. The Balaban J connectivity index is 3.26. The van der Waals surface area contributed by atoms with E-state index in [0.717, 1.165) is 56.6 Å². The zero-order valence-corrected chi connectivity index (χ0v) is 31.0. The number of carbonyl (C=O) groups is 3. The van der Waals surface area contributed by atoms with Crippen molar-refractivity contribution in [2.75, 3.05) is 85.1 Å². The lowest BCUT2D eigenvalue weighted by molar-refractivity contribution is -0.923. The van der Waals surface area contributed by atoms with Gasteiger partial charge in [0.15, 0.2) is 0 Å². The quantitative estimate of drug-likeness (QED) is 0.246. The Hall–Kier alpha value is -2.27. The molecule has 0 spiro atoms. The van der Waals surface area contributed by atoms with Crippen LogP contribution in [0, 0.1) is 0 Å². The first-order valence-corrected chi connectivity index (χ1v) is 17.2. The molecule has 1 rings (SSSR count). The second kappa shape index (κ2) is 18.2. The molecule has 0 radical (unpaired) electrons. The molecule has 1 saturated heterocycles. The fourth-order valence-electron chi connectivity index (χ4n) is 5.41. The van der Waals surface area contributed by atoms with Gasteiger partial charge in [0.25, 0.3) is 0 Å². The number of nitrogens with zero attached hydrogens (tertiary/aromatic N) is 5. The van der Waals surface area contributed by atoms with Gasteiger partial charge in [0, 0.05) is 58.8 Å². The first-order chi connectivity index (χ1) is 20.7. The number of ether oxygens (including phenoxy) is 3. The molecule has 1 aliphatic heterocycles. The fraction of sp³-hybridized carbons (Fsp3) is 0.912. The van der Waals surface area contributed by atoms with Crippen LogP contribution in [0.25, 0.3) is 0 Å². The molecule has 0 unspecified atom stereocenters. The van der Waals surface area contributed by atoms with Crippen molar-refractivity contribution in [3.63, 3.8) is 0 Å². The van der Waals surface area contributed by atoms with Crippen molar-refractivity contribution in [3.8, 4) is 0 Å². The second-order valence-corrected chi connectivity index (χ2v) is 15.3. The number of hydrogen-bond acceptors (Lipinski definition) is 7. The van der Waals surface area contributed by atoms with Crippen LogP contribution in [0.1, 0.15) is 102 Å². The lowest BCUT2D eigenvalue weighted by Gasteiger charge is -2.37. The third-order valence-electron chi connectivity index (χ3n) is 8.16. The standard InChI is InChI=1S/C34H68N5O6/c1-13-39(14-2,15-3)28-18-20-35-19-16-21-37(30(41)44-33(7,8)9)26-27-38(31(42)45-34(10,11)12)23-17-22-36(25-24-35)29(40)43-32(4,5)6/h13-28H2,1-12H3/q+1. The number of rotatable bonds is 7. The first kappa shape index (κ1) is 40.8. The van der Waals surface area contributed by atoms with E-state index in [1.54, 1.807) is 14.7 Å². The average molecular weight is 643 g/mol. The van der Waals surface area contributed by atoms with E-state index in [1.165, 1.54) is 0 Å². The van der Waals surface area contributed by atoms with Crippen LogP contribution in [-0.4, -0.2) is 144 Å². The van der Waals surface area contributed by atoms with Crippen molar-refractivity contribution < 1.29 is 33.1 Å². The molecule has 11 heteroatoms. The van der Waals surface area contributed by atoms with Crippen molar-refractivity contribution in [3.05, 3.63) is 0 Å². The van der Waals surface area contributed by atoms with Crippen LogP contribution in [0.15, 0.2) is 0 Å². The van der Waals surface area contributed by atoms with E-state index in [0.29, 0.717) is 52.2 Å². The van der Waals surface area contributed by atoms with Crippen LogP contribution in [0.2, 0.25) is 0 Å². The zero-order chi connectivity index (χ0) is 34.5. The molecule has 1 fully saturated rings. The van der Waals surface area contributed by atoms with Gasteiger partial charge in [-0.2, -0.15) is 0 Å². The van der Waals surface area contributed by atoms with E-state index in [2.05, 4.69) is 25.7 Å². The summed E-state index contributed by atoms with van der Waals surface area (Å²) in [5.74, 6) is 0. The van der Waals surface area contributed by atoms with Crippen molar-refractivity contribution in [1.82, 2.24) is 19.6 Å². The molecule has 3 amide bonds. The highest BCUT2D eigenvalue weighted by Crippen LogP contribution is 2.16. The van der Waals surface area contributed by atoms with Gasteiger partial charge in [-0.1, -0.05) is 0 Å². The summed E-state index contributed by atoms with van der Waals surface area (Å²) in [5.41, 5.74) is -1.89. The summed E-state index contributed by atoms with van der Waals surface area (Å²) < 4.78 is 18.3. The summed E-state index contributed by atoms with van der Waals surface area (Å²) in [4.78, 5) is 47.3. The van der Waals surface area contributed by atoms with Gasteiger partial charge >= 0.3 is 18.3 Å². The van der Waals surface area contributed by atoms with Crippen LogP contribution >= 0.6 is 0 Å². The third-order valence-corrected chi connectivity index (χ3v) is 8.16. The third kappa shape index (κ3) is 16.7. The van der Waals surface area contributed by atoms with Crippen LogP contribution in [0.5, 0.6) is 0 Å². The Morgan fingerprint density at radius 2 is 0.867 bits per heavy atom. The van der Waals surface area contributed by atoms with Crippen LogP contribution in [0.4, 0.5) is 14.4 Å². The molecular formula is C34H68N5O6+. The number of carbonyl (C=O) groups excluding carboxylic acids is 3. The molecule has 0 aromatic carbocycles. The monoisotopic (exact) mass is 643 g/mol. The van der Waals surface area contributed by atoms with Crippen molar-refractivity contribution in [2.45, 2.75) is 119 Å². The summed E-state index contributed by atoms with van der Waals surface area (Å²) in [6, 6.07) is 0. The topological polar surface area (TPSA) is 91.9 Å². The summed E-state index contributed by atoms with van der Waals surface area (Å²) in [6.07, 6.45) is 1.20. The SMILES string of the molecule is CC[N+](CC)(CC)CCCN1CCCN(C(=O)OC(C)(C)C)CCN(C(=O)OC(C)(C)C)CCCN(C(=O)OC(C)(C)C)CC1. The largest absolute Gasteiger partial charge is 0.444 e. The van der Waals surface area contributed by atoms with E-state index in [-0.39, 0.29) is 12.2 Å². The number of hydrogen-bond donors (Lipinski definition) is 0. The van der Waals surface area contributed by atoms with Crippen molar-refractivity contribution in [2.24, 2.45) is 0 Å². The maximum atomic E-state index is 13.3. The van der Waals surface area contributed by atoms with Gasteiger partial charge in [-0.05, 0) is 102 Å². The molecule has 11 nitrogen and oxygen atoms in total. The molecular weight excluding hydrogens is 574 g/mol. The Morgan fingerprint density at radius 1 is 0.533 bits per heavy atom. The summed E-state index contributed by atoms with van der Waals surface area (Å²) in [5, 5.41) is 0. The summed E-state index contributed by atoms with van der Waals surface area (Å²) >= 11 is 0. The van der Waals surface area contributed by atoms with Crippen molar-refractivity contribution in [1.29, 1.82) is 0 Å². The predicted octanol–water partition coefficient (Wildman–Crippen LogP) is 6.06. The molecule has 0 aliphatic carbocycles. The van der Waals surface area contributed by atoms with E-state index in [9.17, 15) is 14.4 Å². The highest BCUT2D eigenvalue weighted by molar-refractivity contribution is 5.70. The van der Waals surface area contributed by atoms with E-state index < -0.39 is 22.9 Å². The fourth-order valence-corrected chi connectivity index (χ4v) is 5.41. The predicted molar refractivity (Wildman–Crippen MR) is 180 cm³/mol. The van der Waals surface area contributed by atoms with Gasteiger partial charge in [0.05, 0.1) is 26.2 Å². The highest BCUT2D eigenvalue weighted by Gasteiger charge is 2.28. The minimum atomic E-state index is -0.656. The van der Waals surface area contributed by atoms with Crippen molar-refractivity contribution >= 4 is 18.3 Å². The highest BCUT2D eigenvalue weighted by atomic mass is 16.6. The number of quaternary nitrogens is 1. The zero-order valence-electron chi connectivity index (χ0n) is 31.0. The first-order valence-electron chi connectivity index (χ1n) is 17.2. The van der Waals surface area contributed by atoms with Crippen LogP contribution in [-0.2, 0) is 14.2 Å². The molecule has 264 valence electrons. The Labute approximate surface area is 275 Å². The van der Waals surface area contributed by atoms with Gasteiger partial charge in [-0.3, -0.25) is 0 Å². The second-order valence-electron chi connectivity index (χ2n) is 15.3. The number of amides is 3. The summed E-state index contributed by atoms with van der Waals surface area (Å²) in [6.45, 7) is 32.9. The molecule has 45 heavy (non-hydrogen) atoms. The van der Waals surface area contributed by atoms with Gasteiger partial charge in [0.2, 0.25) is 0 Å². The molecule has 0 atom stereocenters. The minimum absolute atomic E-state index is 0.301. The molecule has 0 N–H and O–H groups in total. The van der Waals surface area contributed by atoms with Crippen LogP contribution < -0.4 is 0 Å². The molecule has 0 saturated carbocycles.